The van der Waals surface area contributed by atoms with Crippen molar-refractivity contribution in [2.24, 2.45) is 5.92 Å². The Hall–Kier alpha value is -2.21. The van der Waals surface area contributed by atoms with Gasteiger partial charge in [0.1, 0.15) is 12.7 Å². The number of nitrogens with one attached hydrogen (secondary N) is 1. The summed E-state index contributed by atoms with van der Waals surface area (Å²) in [4.78, 5) is 18.6. The molecule has 25 heavy (non-hydrogen) atoms. The van der Waals surface area contributed by atoms with E-state index in [-0.39, 0.29) is 5.91 Å². The highest BCUT2D eigenvalue weighted by molar-refractivity contribution is 5.94. The van der Waals surface area contributed by atoms with Gasteiger partial charge in [0, 0.05) is 12.1 Å². The molecule has 0 radical (unpaired) electrons. The van der Waals surface area contributed by atoms with Crippen LogP contribution in [0.5, 0.6) is 0 Å². The van der Waals surface area contributed by atoms with Crippen molar-refractivity contribution >= 4 is 5.91 Å². The van der Waals surface area contributed by atoms with Gasteiger partial charge in [-0.05, 0) is 62.5 Å². The highest BCUT2D eigenvalue weighted by atomic mass is 16.1. The lowest BCUT2D eigenvalue weighted by molar-refractivity contribution is 0.0950. The zero-order chi connectivity index (χ0) is 17.5. The minimum atomic E-state index is -0.000396. The Morgan fingerprint density at radius 1 is 1.24 bits per heavy atom. The Morgan fingerprint density at radius 2 is 2.00 bits per heavy atom. The van der Waals surface area contributed by atoms with E-state index >= 15 is 0 Å². The van der Waals surface area contributed by atoms with Crippen LogP contribution in [-0.2, 0) is 6.54 Å². The van der Waals surface area contributed by atoms with Crippen LogP contribution in [0.25, 0.3) is 0 Å². The van der Waals surface area contributed by atoms with Crippen LogP contribution in [0.2, 0.25) is 0 Å². The van der Waals surface area contributed by atoms with Crippen LogP contribution in [0, 0.1) is 5.92 Å². The second-order valence-corrected chi connectivity index (χ2v) is 6.92. The Balaban J connectivity index is 1.37. The van der Waals surface area contributed by atoms with Gasteiger partial charge < -0.3 is 10.2 Å². The van der Waals surface area contributed by atoms with E-state index in [1.165, 1.54) is 32.3 Å². The van der Waals surface area contributed by atoms with Crippen molar-refractivity contribution in [2.75, 3.05) is 26.2 Å². The summed E-state index contributed by atoms with van der Waals surface area (Å²) in [6.07, 6.45) is 6.81. The summed E-state index contributed by atoms with van der Waals surface area (Å²) in [6.45, 7) is 7.19. The highest BCUT2D eigenvalue weighted by Gasteiger charge is 2.14. The van der Waals surface area contributed by atoms with Gasteiger partial charge in [-0.15, -0.1) is 0 Å². The lowest BCUT2D eigenvalue weighted by Crippen LogP contribution is -2.35. The minimum Gasteiger partial charge on any atom is -0.352 e. The zero-order valence-electron chi connectivity index (χ0n) is 14.9. The van der Waals surface area contributed by atoms with Crippen LogP contribution >= 0.6 is 0 Å². The second kappa shape index (κ2) is 8.76. The average Bonchev–Trinajstić information content (AvgIpc) is 3.14. The van der Waals surface area contributed by atoms with Gasteiger partial charge >= 0.3 is 0 Å². The van der Waals surface area contributed by atoms with Gasteiger partial charge in [-0.25, -0.2) is 9.67 Å². The molecule has 0 spiro atoms. The number of carbonyl (C=O) groups is 1. The molecule has 6 heteroatoms. The summed E-state index contributed by atoms with van der Waals surface area (Å²) in [5.74, 6) is 0.864. The molecule has 1 aromatic carbocycles. The Bertz CT molecular complexity index is 645. The quantitative estimate of drug-likeness (QED) is 0.784. The topological polar surface area (TPSA) is 63.1 Å². The summed E-state index contributed by atoms with van der Waals surface area (Å²) in [6, 6.07) is 7.66. The van der Waals surface area contributed by atoms with Crippen molar-refractivity contribution in [1.29, 1.82) is 0 Å². The van der Waals surface area contributed by atoms with Crippen molar-refractivity contribution in [3.63, 3.8) is 0 Å². The monoisotopic (exact) mass is 341 g/mol. The normalized spacial score (nSPS) is 16.0. The summed E-state index contributed by atoms with van der Waals surface area (Å²) in [5.41, 5.74) is 1.80. The van der Waals surface area contributed by atoms with E-state index in [2.05, 4.69) is 27.2 Å². The van der Waals surface area contributed by atoms with Crippen LogP contribution in [0.15, 0.2) is 36.9 Å². The van der Waals surface area contributed by atoms with Crippen molar-refractivity contribution in [2.45, 2.75) is 32.7 Å². The number of benzene rings is 1. The van der Waals surface area contributed by atoms with Gasteiger partial charge in [-0.2, -0.15) is 5.10 Å². The smallest absolute Gasteiger partial charge is 0.251 e. The fourth-order valence-electron chi connectivity index (χ4n) is 3.16. The molecular weight excluding hydrogens is 314 g/mol. The molecule has 1 aliphatic heterocycles. The van der Waals surface area contributed by atoms with E-state index in [4.69, 9.17) is 0 Å². The third-order valence-corrected chi connectivity index (χ3v) is 4.84. The molecule has 2 aromatic rings. The number of rotatable bonds is 7. The van der Waals surface area contributed by atoms with Gasteiger partial charge in [0.05, 0.1) is 6.54 Å². The minimum absolute atomic E-state index is 0.000396. The summed E-state index contributed by atoms with van der Waals surface area (Å²) >= 11 is 0. The van der Waals surface area contributed by atoms with Crippen LogP contribution in [0.3, 0.4) is 0 Å². The number of amides is 1. The van der Waals surface area contributed by atoms with Crippen molar-refractivity contribution in [3.05, 3.63) is 48.0 Å². The maximum absolute atomic E-state index is 12.2. The second-order valence-electron chi connectivity index (χ2n) is 6.92. The molecular formula is C19H27N5O. The number of hydrogen-bond acceptors (Lipinski definition) is 4. The van der Waals surface area contributed by atoms with Gasteiger partial charge in [-0.1, -0.05) is 19.1 Å². The fourth-order valence-corrected chi connectivity index (χ4v) is 3.16. The first kappa shape index (κ1) is 17.6. The van der Waals surface area contributed by atoms with Crippen LogP contribution < -0.4 is 5.32 Å². The van der Waals surface area contributed by atoms with Gasteiger partial charge in [0.2, 0.25) is 0 Å². The molecule has 1 aliphatic rings. The molecule has 3 rings (SSSR count). The zero-order valence-corrected chi connectivity index (χ0v) is 14.9. The molecule has 1 aromatic heterocycles. The standard InChI is InChI=1S/C19H27N5O/c1-16-7-11-23(12-8-16)10-2-9-21-19(25)18-5-3-17(4-6-18)13-24-15-20-14-22-24/h3-6,14-16H,2,7-13H2,1H3,(H,21,25). The SMILES string of the molecule is CC1CCN(CCCNC(=O)c2ccc(Cn3cncn3)cc2)CC1. The number of nitrogens with zero attached hydrogens (tertiary/aromatic N) is 4. The maximum Gasteiger partial charge on any atom is 0.251 e. The summed E-state index contributed by atoms with van der Waals surface area (Å²) in [7, 11) is 0. The lowest BCUT2D eigenvalue weighted by Gasteiger charge is -2.30. The molecule has 1 saturated heterocycles. The molecule has 0 aliphatic carbocycles. The summed E-state index contributed by atoms with van der Waals surface area (Å²) < 4.78 is 1.76. The number of likely N-dealkylation sites (tertiary alicyclic amines) is 1. The Labute approximate surface area is 149 Å². The Kier molecular flexibility index (Phi) is 6.17. The Morgan fingerprint density at radius 3 is 2.68 bits per heavy atom. The first-order valence-electron chi connectivity index (χ1n) is 9.12. The number of hydrogen-bond donors (Lipinski definition) is 1. The van der Waals surface area contributed by atoms with Crippen molar-refractivity contribution in [3.8, 4) is 0 Å². The third-order valence-electron chi connectivity index (χ3n) is 4.84. The molecule has 134 valence electrons. The largest absolute Gasteiger partial charge is 0.352 e. The molecule has 0 atom stereocenters. The predicted molar refractivity (Wildman–Crippen MR) is 97.4 cm³/mol. The van der Waals surface area contributed by atoms with E-state index in [1.807, 2.05) is 24.3 Å². The number of aromatic nitrogens is 3. The van der Waals surface area contributed by atoms with Crippen molar-refractivity contribution in [1.82, 2.24) is 25.0 Å². The molecule has 6 nitrogen and oxygen atoms in total. The van der Waals surface area contributed by atoms with Gasteiger partial charge in [0.15, 0.2) is 0 Å². The summed E-state index contributed by atoms with van der Waals surface area (Å²) in [5, 5.41) is 7.10. The molecule has 0 unspecified atom stereocenters. The molecule has 1 amide bonds. The predicted octanol–water partition coefficient (Wildman–Crippen LogP) is 2.18. The number of piperidine rings is 1. The highest BCUT2D eigenvalue weighted by Crippen LogP contribution is 2.15. The third kappa shape index (κ3) is 5.39. The van der Waals surface area contributed by atoms with E-state index in [9.17, 15) is 4.79 Å². The van der Waals surface area contributed by atoms with Crippen LogP contribution in [0.1, 0.15) is 42.1 Å². The van der Waals surface area contributed by atoms with Gasteiger partial charge in [0.25, 0.3) is 5.91 Å². The van der Waals surface area contributed by atoms with Crippen LogP contribution in [-0.4, -0.2) is 51.8 Å². The first-order valence-corrected chi connectivity index (χ1v) is 9.12. The van der Waals surface area contributed by atoms with Crippen molar-refractivity contribution < 1.29 is 4.79 Å². The molecule has 0 saturated carbocycles. The maximum atomic E-state index is 12.2. The number of carbonyl (C=O) groups excluding carboxylic acids is 1. The van der Waals surface area contributed by atoms with Crippen LogP contribution in [0.4, 0.5) is 0 Å². The molecule has 1 N–H and O–H groups in total. The molecule has 2 heterocycles. The lowest BCUT2D eigenvalue weighted by atomic mass is 9.99. The fraction of sp³-hybridized carbons (Fsp3) is 0.526. The molecule has 1 fully saturated rings. The van der Waals surface area contributed by atoms with Gasteiger partial charge in [-0.3, -0.25) is 4.79 Å². The molecule has 0 bridgehead atoms. The first-order chi connectivity index (χ1) is 12.2. The van der Waals surface area contributed by atoms with E-state index in [0.717, 1.165) is 31.0 Å². The average molecular weight is 341 g/mol. The van der Waals surface area contributed by atoms with E-state index in [0.29, 0.717) is 12.1 Å². The van der Waals surface area contributed by atoms with E-state index in [1.54, 1.807) is 11.0 Å². The van der Waals surface area contributed by atoms with E-state index < -0.39 is 0 Å².